The molecule has 21 heavy (non-hydrogen) atoms. The number of fused-ring (bicyclic) bond motifs is 1. The predicted molar refractivity (Wildman–Crippen MR) is 81.5 cm³/mol. The number of benzene rings is 1. The summed E-state index contributed by atoms with van der Waals surface area (Å²) in [6.45, 7) is 0.553. The highest BCUT2D eigenvalue weighted by Crippen LogP contribution is 2.17. The number of carbonyl (C=O) groups excluding carboxylic acids is 1. The van der Waals surface area contributed by atoms with Crippen LogP contribution in [0.25, 0.3) is 10.9 Å². The van der Waals surface area contributed by atoms with Crippen LogP contribution >= 0.6 is 0 Å². The van der Waals surface area contributed by atoms with Crippen molar-refractivity contribution in [3.63, 3.8) is 0 Å². The maximum atomic E-state index is 11.9. The number of hydrogen-bond acceptors (Lipinski definition) is 3. The van der Waals surface area contributed by atoms with Crippen molar-refractivity contribution in [2.24, 2.45) is 7.05 Å². The van der Waals surface area contributed by atoms with Crippen LogP contribution in [0.1, 0.15) is 16.1 Å². The van der Waals surface area contributed by atoms with E-state index in [0.29, 0.717) is 12.1 Å². The van der Waals surface area contributed by atoms with Crippen molar-refractivity contribution in [1.82, 2.24) is 20.4 Å². The van der Waals surface area contributed by atoms with Crippen molar-refractivity contribution in [2.75, 3.05) is 0 Å². The monoisotopic (exact) mass is 280 g/mol. The van der Waals surface area contributed by atoms with Crippen LogP contribution in [0.15, 0.2) is 54.9 Å². The Balaban J connectivity index is 1.65. The SMILES string of the molecule is Cn1c(CNNC(=O)c2cccnc2)cc2ccccc21. The Labute approximate surface area is 122 Å². The lowest BCUT2D eigenvalue weighted by Gasteiger charge is -2.08. The van der Waals surface area contributed by atoms with Crippen LogP contribution in [0, 0.1) is 0 Å². The molecular formula is C16H16N4O. The minimum absolute atomic E-state index is 0.193. The lowest BCUT2D eigenvalue weighted by Crippen LogP contribution is -2.37. The molecule has 0 bridgehead atoms. The van der Waals surface area contributed by atoms with E-state index in [-0.39, 0.29) is 5.91 Å². The van der Waals surface area contributed by atoms with Gasteiger partial charge in [0.05, 0.1) is 12.1 Å². The Morgan fingerprint density at radius 1 is 1.24 bits per heavy atom. The Morgan fingerprint density at radius 3 is 2.86 bits per heavy atom. The fourth-order valence-corrected chi connectivity index (χ4v) is 2.30. The first-order chi connectivity index (χ1) is 10.3. The lowest BCUT2D eigenvalue weighted by molar-refractivity contribution is 0.0931. The van der Waals surface area contributed by atoms with Gasteiger partial charge in [0.15, 0.2) is 0 Å². The zero-order valence-corrected chi connectivity index (χ0v) is 11.7. The number of amides is 1. The molecule has 5 nitrogen and oxygen atoms in total. The third-order valence-corrected chi connectivity index (χ3v) is 3.45. The van der Waals surface area contributed by atoms with E-state index in [1.165, 1.54) is 17.1 Å². The molecule has 3 aromatic rings. The normalized spacial score (nSPS) is 10.7. The summed E-state index contributed by atoms with van der Waals surface area (Å²) >= 11 is 0. The van der Waals surface area contributed by atoms with Gasteiger partial charge in [0.25, 0.3) is 5.91 Å². The van der Waals surface area contributed by atoms with Gasteiger partial charge in [-0.15, -0.1) is 0 Å². The molecule has 106 valence electrons. The van der Waals surface area contributed by atoms with Gasteiger partial charge in [-0.05, 0) is 29.7 Å². The van der Waals surface area contributed by atoms with Crippen molar-refractivity contribution in [3.05, 3.63) is 66.1 Å². The fraction of sp³-hybridized carbons (Fsp3) is 0.125. The van der Waals surface area contributed by atoms with Gasteiger partial charge in [-0.2, -0.15) is 0 Å². The summed E-state index contributed by atoms with van der Waals surface area (Å²) in [6, 6.07) is 13.8. The first-order valence-corrected chi connectivity index (χ1v) is 6.72. The minimum Gasteiger partial charge on any atom is -0.346 e. The van der Waals surface area contributed by atoms with Crippen LogP contribution in [0.5, 0.6) is 0 Å². The third-order valence-electron chi connectivity index (χ3n) is 3.45. The number of pyridine rings is 1. The number of hydrogen-bond donors (Lipinski definition) is 2. The highest BCUT2D eigenvalue weighted by atomic mass is 16.2. The fourth-order valence-electron chi connectivity index (χ4n) is 2.30. The number of nitrogens with zero attached hydrogens (tertiary/aromatic N) is 2. The van der Waals surface area contributed by atoms with E-state index in [0.717, 1.165) is 5.69 Å². The molecule has 0 saturated heterocycles. The molecule has 0 saturated carbocycles. The Kier molecular flexibility index (Phi) is 3.66. The van der Waals surface area contributed by atoms with Crippen LogP contribution in [-0.2, 0) is 13.6 Å². The first-order valence-electron chi connectivity index (χ1n) is 6.72. The van der Waals surface area contributed by atoms with Crippen LogP contribution in [-0.4, -0.2) is 15.5 Å². The number of aromatic nitrogens is 2. The van der Waals surface area contributed by atoms with Gasteiger partial charge in [0.1, 0.15) is 0 Å². The average molecular weight is 280 g/mol. The second-order valence-corrected chi connectivity index (χ2v) is 4.80. The van der Waals surface area contributed by atoms with Crippen LogP contribution in [0.4, 0.5) is 0 Å². The van der Waals surface area contributed by atoms with E-state index in [2.05, 4.69) is 38.6 Å². The van der Waals surface area contributed by atoms with Crippen molar-refractivity contribution >= 4 is 16.8 Å². The molecule has 5 heteroatoms. The van der Waals surface area contributed by atoms with E-state index >= 15 is 0 Å². The molecule has 0 aliphatic carbocycles. The van der Waals surface area contributed by atoms with Gasteiger partial charge in [-0.3, -0.25) is 15.2 Å². The molecule has 1 amide bonds. The Hall–Kier alpha value is -2.66. The summed E-state index contributed by atoms with van der Waals surface area (Å²) in [4.78, 5) is 15.8. The van der Waals surface area contributed by atoms with Gasteiger partial charge in [-0.25, -0.2) is 5.43 Å². The van der Waals surface area contributed by atoms with Gasteiger partial charge in [-0.1, -0.05) is 18.2 Å². The number of carbonyl (C=O) groups is 1. The molecule has 2 aromatic heterocycles. The number of nitrogens with one attached hydrogen (secondary N) is 2. The quantitative estimate of drug-likeness (QED) is 0.719. The topological polar surface area (TPSA) is 59.0 Å². The van der Waals surface area contributed by atoms with Crippen molar-refractivity contribution in [2.45, 2.75) is 6.54 Å². The molecule has 1 aromatic carbocycles. The second-order valence-electron chi connectivity index (χ2n) is 4.80. The molecular weight excluding hydrogens is 264 g/mol. The summed E-state index contributed by atoms with van der Waals surface area (Å²) in [5.74, 6) is -0.193. The van der Waals surface area contributed by atoms with Gasteiger partial charge in [0.2, 0.25) is 0 Å². The smallest absolute Gasteiger partial charge is 0.266 e. The summed E-state index contributed by atoms with van der Waals surface area (Å²) in [5.41, 5.74) is 8.43. The summed E-state index contributed by atoms with van der Waals surface area (Å²) in [5, 5.41) is 1.19. The molecule has 0 spiro atoms. The second kappa shape index (κ2) is 5.76. The van der Waals surface area contributed by atoms with Crippen LogP contribution in [0.3, 0.4) is 0 Å². The number of rotatable bonds is 4. The molecule has 0 unspecified atom stereocenters. The first kappa shape index (κ1) is 13.3. The Bertz CT molecular complexity index is 764. The molecule has 0 atom stereocenters. The van der Waals surface area contributed by atoms with Crippen LogP contribution in [0.2, 0.25) is 0 Å². The molecule has 0 aliphatic rings. The Morgan fingerprint density at radius 2 is 2.10 bits per heavy atom. The highest BCUT2D eigenvalue weighted by Gasteiger charge is 2.07. The van der Waals surface area contributed by atoms with Gasteiger partial charge >= 0.3 is 0 Å². The van der Waals surface area contributed by atoms with Crippen molar-refractivity contribution in [3.8, 4) is 0 Å². The number of hydrazine groups is 1. The zero-order chi connectivity index (χ0) is 14.7. The van der Waals surface area contributed by atoms with E-state index in [9.17, 15) is 4.79 Å². The molecule has 3 rings (SSSR count). The minimum atomic E-state index is -0.193. The maximum Gasteiger partial charge on any atom is 0.266 e. The van der Waals surface area contributed by atoms with Crippen molar-refractivity contribution in [1.29, 1.82) is 0 Å². The molecule has 0 fully saturated rings. The predicted octanol–water partition coefficient (Wildman–Crippen LogP) is 2.01. The van der Waals surface area contributed by atoms with E-state index in [1.54, 1.807) is 18.3 Å². The lowest BCUT2D eigenvalue weighted by atomic mass is 10.2. The van der Waals surface area contributed by atoms with Crippen LogP contribution < -0.4 is 10.9 Å². The van der Waals surface area contributed by atoms with Crippen molar-refractivity contribution < 1.29 is 4.79 Å². The van der Waals surface area contributed by atoms with E-state index in [4.69, 9.17) is 0 Å². The van der Waals surface area contributed by atoms with E-state index in [1.807, 2.05) is 19.2 Å². The molecule has 0 radical (unpaired) electrons. The number of para-hydroxylation sites is 1. The highest BCUT2D eigenvalue weighted by molar-refractivity contribution is 5.93. The largest absolute Gasteiger partial charge is 0.346 e. The molecule has 2 N–H and O–H groups in total. The summed E-state index contributed by atoms with van der Waals surface area (Å²) in [7, 11) is 2.02. The van der Waals surface area contributed by atoms with Gasteiger partial charge < -0.3 is 4.57 Å². The third kappa shape index (κ3) is 2.78. The summed E-state index contributed by atoms with van der Waals surface area (Å²) in [6.07, 6.45) is 3.17. The van der Waals surface area contributed by atoms with E-state index < -0.39 is 0 Å². The zero-order valence-electron chi connectivity index (χ0n) is 11.7. The maximum absolute atomic E-state index is 11.9. The van der Waals surface area contributed by atoms with Gasteiger partial charge in [0, 0.05) is 30.7 Å². The standard InChI is InChI=1S/C16H16N4O/c1-20-14(9-12-5-2-3-7-15(12)20)11-18-19-16(21)13-6-4-8-17-10-13/h2-10,18H,11H2,1H3,(H,19,21). The summed E-state index contributed by atoms with van der Waals surface area (Å²) < 4.78 is 2.11. The molecule has 2 heterocycles. The number of aryl methyl sites for hydroxylation is 1. The molecule has 0 aliphatic heterocycles. The average Bonchev–Trinajstić information content (AvgIpc) is 2.85.